The van der Waals surface area contributed by atoms with Crippen molar-refractivity contribution < 1.29 is 4.79 Å². The highest BCUT2D eigenvalue weighted by Crippen LogP contribution is 2.27. The van der Waals surface area contributed by atoms with Crippen molar-refractivity contribution in [3.63, 3.8) is 0 Å². The van der Waals surface area contributed by atoms with E-state index in [2.05, 4.69) is 38.5 Å². The normalized spacial score (nSPS) is 20.6. The largest absolute Gasteiger partial charge is 0.314 e. The molecule has 7 heteroatoms. The maximum absolute atomic E-state index is 12.3. The number of thiazole rings is 1. The Kier molecular flexibility index (Phi) is 6.59. The van der Waals surface area contributed by atoms with Gasteiger partial charge in [-0.05, 0) is 38.4 Å². The van der Waals surface area contributed by atoms with Crippen molar-refractivity contribution in [1.82, 2.24) is 10.3 Å². The lowest BCUT2D eigenvalue weighted by atomic mass is 9.92. The van der Waals surface area contributed by atoms with Gasteiger partial charge in [-0.2, -0.15) is 0 Å². The minimum absolute atomic E-state index is 0. The molecule has 124 valence electrons. The Morgan fingerprint density at radius 1 is 1.48 bits per heavy atom. The first-order chi connectivity index (χ1) is 10.6. The summed E-state index contributed by atoms with van der Waals surface area (Å²) in [5.74, 6) is 0.165. The average molecular weight is 417 g/mol. The Morgan fingerprint density at radius 2 is 2.30 bits per heavy atom. The van der Waals surface area contributed by atoms with Crippen LogP contribution < -0.4 is 10.6 Å². The molecule has 1 aliphatic rings. The molecule has 1 amide bonds. The molecule has 0 spiro atoms. The van der Waals surface area contributed by atoms with E-state index in [1.807, 2.05) is 29.6 Å². The van der Waals surface area contributed by atoms with Crippen molar-refractivity contribution >= 4 is 50.7 Å². The second-order valence-electron chi connectivity index (χ2n) is 5.61. The maximum atomic E-state index is 12.3. The molecule has 0 bridgehead atoms. The van der Waals surface area contributed by atoms with Crippen LogP contribution in [-0.4, -0.2) is 23.5 Å². The number of carbonyl (C=O) groups excluding carboxylic acids is 1. The number of nitrogens with one attached hydrogen (secondary N) is 2. The predicted molar refractivity (Wildman–Crippen MR) is 101 cm³/mol. The van der Waals surface area contributed by atoms with Gasteiger partial charge >= 0.3 is 0 Å². The van der Waals surface area contributed by atoms with Crippen LogP contribution in [0.4, 0.5) is 5.13 Å². The second-order valence-corrected chi connectivity index (χ2v) is 7.39. The van der Waals surface area contributed by atoms with E-state index in [0.717, 1.165) is 35.1 Å². The fraction of sp³-hybridized carbons (Fsp3) is 0.375. The number of amides is 1. The highest BCUT2D eigenvalue weighted by molar-refractivity contribution is 9.10. The van der Waals surface area contributed by atoms with Gasteiger partial charge in [0.15, 0.2) is 5.13 Å². The lowest BCUT2D eigenvalue weighted by Gasteiger charge is -2.26. The minimum Gasteiger partial charge on any atom is -0.314 e. The van der Waals surface area contributed by atoms with Crippen LogP contribution in [-0.2, 0) is 4.79 Å². The monoisotopic (exact) mass is 415 g/mol. The van der Waals surface area contributed by atoms with Gasteiger partial charge < -0.3 is 10.6 Å². The lowest BCUT2D eigenvalue weighted by molar-refractivity contribution is -0.120. The van der Waals surface area contributed by atoms with E-state index in [0.29, 0.717) is 11.2 Å². The number of aromatic nitrogens is 1. The summed E-state index contributed by atoms with van der Waals surface area (Å²) in [5, 5.41) is 8.98. The number of hydrogen-bond acceptors (Lipinski definition) is 4. The zero-order valence-corrected chi connectivity index (χ0v) is 15.9. The molecular weight excluding hydrogens is 398 g/mol. The van der Waals surface area contributed by atoms with Crippen LogP contribution in [0.2, 0.25) is 0 Å². The molecule has 0 radical (unpaired) electrons. The molecular formula is C16H19BrClN3OS. The first-order valence-corrected chi connectivity index (χ1v) is 9.05. The van der Waals surface area contributed by atoms with Crippen molar-refractivity contribution in [2.24, 2.45) is 5.92 Å². The molecule has 4 nitrogen and oxygen atoms in total. The fourth-order valence-corrected chi connectivity index (χ4v) is 3.81. The van der Waals surface area contributed by atoms with E-state index in [1.165, 1.54) is 11.3 Å². The number of nitrogens with zero attached hydrogens (tertiary/aromatic N) is 1. The van der Waals surface area contributed by atoms with Gasteiger partial charge in [0.1, 0.15) is 0 Å². The molecule has 2 atom stereocenters. The molecule has 3 rings (SSSR count). The number of piperidine rings is 1. The van der Waals surface area contributed by atoms with Crippen LogP contribution in [0.1, 0.15) is 19.8 Å². The Hall–Kier alpha value is -0.950. The van der Waals surface area contributed by atoms with E-state index in [4.69, 9.17) is 0 Å². The van der Waals surface area contributed by atoms with Crippen LogP contribution in [0.15, 0.2) is 34.1 Å². The predicted octanol–water partition coefficient (Wildman–Crippen LogP) is 4.32. The average Bonchev–Trinajstić information content (AvgIpc) is 2.96. The fourth-order valence-electron chi connectivity index (χ4n) is 2.69. The lowest BCUT2D eigenvalue weighted by Crippen LogP contribution is -2.40. The van der Waals surface area contributed by atoms with Crippen LogP contribution in [0.3, 0.4) is 0 Å². The molecule has 23 heavy (non-hydrogen) atoms. The van der Waals surface area contributed by atoms with E-state index in [1.54, 1.807) is 0 Å². The maximum Gasteiger partial charge on any atom is 0.229 e. The van der Waals surface area contributed by atoms with Crippen LogP contribution in [0.5, 0.6) is 0 Å². The summed E-state index contributed by atoms with van der Waals surface area (Å²) in [5.41, 5.74) is 1.93. The highest BCUT2D eigenvalue weighted by atomic mass is 79.9. The number of anilines is 1. The number of halogens is 2. The van der Waals surface area contributed by atoms with E-state index in [9.17, 15) is 4.79 Å². The standard InChI is InChI=1S/C16H18BrN3OS.ClH/c1-10-7-12(5-6-18-10)15(21)20-16-19-14(9-22-16)11-3-2-4-13(17)8-11;/h2-4,8-10,12,18H,5-7H2,1H3,(H,19,20,21);1H/t10-,12-;/m0./s1. The minimum atomic E-state index is 0. The molecule has 0 aliphatic carbocycles. The third-order valence-electron chi connectivity index (χ3n) is 3.85. The molecule has 1 saturated heterocycles. The van der Waals surface area contributed by atoms with Crippen LogP contribution in [0.25, 0.3) is 11.3 Å². The van der Waals surface area contributed by atoms with Crippen molar-refractivity contribution in [3.05, 3.63) is 34.1 Å². The molecule has 2 N–H and O–H groups in total. The van der Waals surface area contributed by atoms with E-state index in [-0.39, 0.29) is 24.2 Å². The summed E-state index contributed by atoms with van der Waals surface area (Å²) in [4.78, 5) is 16.9. The van der Waals surface area contributed by atoms with Crippen LogP contribution >= 0.6 is 39.7 Å². The first kappa shape index (κ1) is 18.4. The Labute approximate surface area is 154 Å². The summed E-state index contributed by atoms with van der Waals surface area (Å²) in [6, 6.07) is 8.40. The zero-order valence-electron chi connectivity index (χ0n) is 12.7. The molecule has 1 fully saturated rings. The van der Waals surface area contributed by atoms with Crippen LogP contribution in [0, 0.1) is 5.92 Å². The number of hydrogen-bond donors (Lipinski definition) is 2. The van der Waals surface area contributed by atoms with Gasteiger partial charge in [-0.3, -0.25) is 4.79 Å². The molecule has 2 aromatic rings. The summed E-state index contributed by atoms with van der Waals surface area (Å²) < 4.78 is 1.02. The van der Waals surface area contributed by atoms with E-state index >= 15 is 0 Å². The van der Waals surface area contributed by atoms with Gasteiger partial charge in [-0.15, -0.1) is 23.7 Å². The summed E-state index contributed by atoms with van der Waals surface area (Å²) in [7, 11) is 0. The van der Waals surface area contributed by atoms with Gasteiger partial charge in [-0.25, -0.2) is 4.98 Å². The zero-order chi connectivity index (χ0) is 15.5. The molecule has 1 aromatic carbocycles. The SMILES string of the molecule is C[C@H]1C[C@@H](C(=O)Nc2nc(-c3cccc(Br)c3)cs2)CCN1.Cl. The number of carbonyl (C=O) groups is 1. The molecule has 2 heterocycles. The smallest absolute Gasteiger partial charge is 0.229 e. The van der Waals surface area contributed by atoms with Gasteiger partial charge in [0.2, 0.25) is 5.91 Å². The number of rotatable bonds is 3. The van der Waals surface area contributed by atoms with E-state index < -0.39 is 0 Å². The quantitative estimate of drug-likeness (QED) is 0.783. The third kappa shape index (κ3) is 4.76. The Bertz CT molecular complexity index is 679. The molecule has 1 aromatic heterocycles. The molecule has 1 aliphatic heterocycles. The Balaban J connectivity index is 0.00000192. The Morgan fingerprint density at radius 3 is 3.04 bits per heavy atom. The summed E-state index contributed by atoms with van der Waals surface area (Å²) >= 11 is 4.93. The van der Waals surface area contributed by atoms with Crippen molar-refractivity contribution in [1.29, 1.82) is 0 Å². The van der Waals surface area contributed by atoms with Crippen molar-refractivity contribution in [3.8, 4) is 11.3 Å². The molecule has 0 saturated carbocycles. The molecule has 0 unspecified atom stereocenters. The summed E-state index contributed by atoms with van der Waals surface area (Å²) in [6.45, 7) is 3.02. The van der Waals surface area contributed by atoms with Gasteiger partial charge in [0, 0.05) is 27.4 Å². The first-order valence-electron chi connectivity index (χ1n) is 7.37. The van der Waals surface area contributed by atoms with Gasteiger partial charge in [0.05, 0.1) is 5.69 Å². The highest BCUT2D eigenvalue weighted by Gasteiger charge is 2.25. The van der Waals surface area contributed by atoms with Gasteiger partial charge in [-0.1, -0.05) is 28.1 Å². The number of benzene rings is 1. The van der Waals surface area contributed by atoms with Crippen molar-refractivity contribution in [2.45, 2.75) is 25.8 Å². The van der Waals surface area contributed by atoms with Crippen molar-refractivity contribution in [2.75, 3.05) is 11.9 Å². The third-order valence-corrected chi connectivity index (χ3v) is 5.10. The van der Waals surface area contributed by atoms with Gasteiger partial charge in [0.25, 0.3) is 0 Å². The second kappa shape index (κ2) is 8.24. The summed E-state index contributed by atoms with van der Waals surface area (Å²) in [6.07, 6.45) is 1.77. The topological polar surface area (TPSA) is 54.0 Å².